The number of ether oxygens (including phenoxy) is 2. The lowest BCUT2D eigenvalue weighted by molar-refractivity contribution is -0.136. The van der Waals surface area contributed by atoms with E-state index in [1.165, 1.54) is 23.8 Å². The molecule has 0 saturated carbocycles. The van der Waals surface area contributed by atoms with Crippen LogP contribution in [-0.4, -0.2) is 20.2 Å². The fourth-order valence-corrected chi connectivity index (χ4v) is 4.18. The Labute approximate surface area is 195 Å². The molecule has 2 N–H and O–H groups in total. The highest BCUT2D eigenvalue weighted by Crippen LogP contribution is 2.38. The van der Waals surface area contributed by atoms with Gasteiger partial charge < -0.3 is 14.8 Å². The van der Waals surface area contributed by atoms with Crippen molar-refractivity contribution >= 4 is 11.7 Å². The van der Waals surface area contributed by atoms with Gasteiger partial charge in [-0.05, 0) is 49.2 Å². The van der Waals surface area contributed by atoms with Crippen LogP contribution in [0.25, 0.3) is 0 Å². The average molecular weight is 443 g/mol. The number of methoxy groups -OCH3 is 2. The summed E-state index contributed by atoms with van der Waals surface area (Å²) in [6.45, 7) is 4.14. The first-order chi connectivity index (χ1) is 16.0. The Hall–Kier alpha value is -3.57. The van der Waals surface area contributed by atoms with Crippen molar-refractivity contribution in [1.29, 1.82) is 0 Å². The lowest BCUT2D eigenvalue weighted by Crippen LogP contribution is -2.37. The van der Waals surface area contributed by atoms with E-state index >= 15 is 0 Å². The maximum atomic E-state index is 13.0. The van der Waals surface area contributed by atoms with Gasteiger partial charge in [-0.2, -0.15) is 0 Å². The van der Waals surface area contributed by atoms with Crippen LogP contribution in [0.15, 0.2) is 84.1 Å². The van der Waals surface area contributed by atoms with E-state index in [0.717, 1.165) is 22.7 Å². The van der Waals surface area contributed by atoms with Gasteiger partial charge in [0.25, 0.3) is 0 Å². The van der Waals surface area contributed by atoms with Gasteiger partial charge in [-0.25, -0.2) is 4.79 Å². The molecule has 3 aromatic carbocycles. The normalized spacial score (nSPS) is 18.1. The second kappa shape index (κ2) is 9.92. The zero-order valence-corrected chi connectivity index (χ0v) is 19.5. The molecule has 2 atom stereocenters. The summed E-state index contributed by atoms with van der Waals surface area (Å²) < 4.78 is 10.5. The van der Waals surface area contributed by atoms with Gasteiger partial charge in [-0.3, -0.25) is 5.32 Å². The van der Waals surface area contributed by atoms with Gasteiger partial charge >= 0.3 is 5.97 Å². The Bertz CT molecular complexity index is 1130. The van der Waals surface area contributed by atoms with Crippen LogP contribution in [0, 0.1) is 13.8 Å². The van der Waals surface area contributed by atoms with Crippen LogP contribution in [0.1, 0.15) is 40.8 Å². The minimum absolute atomic E-state index is 0.0334. The van der Waals surface area contributed by atoms with Gasteiger partial charge in [0, 0.05) is 23.8 Å². The van der Waals surface area contributed by atoms with E-state index in [-0.39, 0.29) is 18.1 Å². The first-order valence-electron chi connectivity index (χ1n) is 11.1. The quantitative estimate of drug-likeness (QED) is 0.485. The molecule has 0 radical (unpaired) electrons. The third-order valence-electron chi connectivity index (χ3n) is 6.07. The van der Waals surface area contributed by atoms with Crippen molar-refractivity contribution in [3.8, 4) is 5.75 Å². The number of esters is 1. The predicted octanol–water partition coefficient (Wildman–Crippen LogP) is 5.63. The first-order valence-corrected chi connectivity index (χ1v) is 11.1. The fraction of sp³-hybridized carbons (Fsp3) is 0.250. The summed E-state index contributed by atoms with van der Waals surface area (Å²) in [5.41, 5.74) is 6.92. The van der Waals surface area contributed by atoms with E-state index in [1.807, 2.05) is 24.3 Å². The highest BCUT2D eigenvalue weighted by atomic mass is 16.5. The smallest absolute Gasteiger partial charge is 0.337 e. The minimum Gasteiger partial charge on any atom is -0.497 e. The molecule has 0 amide bonds. The monoisotopic (exact) mass is 442 g/mol. The summed E-state index contributed by atoms with van der Waals surface area (Å²) >= 11 is 0. The summed E-state index contributed by atoms with van der Waals surface area (Å²) in [5, 5.41) is 7.21. The van der Waals surface area contributed by atoms with Crippen LogP contribution < -0.4 is 15.4 Å². The molecule has 0 saturated heterocycles. The zero-order valence-electron chi connectivity index (χ0n) is 19.5. The van der Waals surface area contributed by atoms with E-state index in [0.29, 0.717) is 12.0 Å². The van der Waals surface area contributed by atoms with E-state index < -0.39 is 0 Å². The molecule has 5 heteroatoms. The molecule has 1 heterocycles. The van der Waals surface area contributed by atoms with Crippen molar-refractivity contribution in [2.45, 2.75) is 32.4 Å². The van der Waals surface area contributed by atoms with Gasteiger partial charge in [0.15, 0.2) is 0 Å². The van der Waals surface area contributed by atoms with Gasteiger partial charge in [0.2, 0.25) is 0 Å². The summed E-state index contributed by atoms with van der Waals surface area (Å²) in [4.78, 5) is 13.0. The van der Waals surface area contributed by atoms with Crippen molar-refractivity contribution in [3.63, 3.8) is 0 Å². The summed E-state index contributed by atoms with van der Waals surface area (Å²) in [6, 6.07) is 24.2. The average Bonchev–Trinajstić information content (AvgIpc) is 2.84. The zero-order chi connectivity index (χ0) is 23.4. The van der Waals surface area contributed by atoms with Gasteiger partial charge in [0.1, 0.15) is 5.75 Å². The number of hydrogen-bond donors (Lipinski definition) is 2. The molecule has 0 aliphatic carbocycles. The number of benzene rings is 3. The molecular formula is C28H30N2O3. The molecular weight excluding hydrogens is 412 g/mol. The minimum atomic E-state index is -0.341. The summed E-state index contributed by atoms with van der Waals surface area (Å²) in [5.74, 6) is 0.439. The van der Waals surface area contributed by atoms with E-state index in [2.05, 4.69) is 73.0 Å². The number of carbonyl (C=O) groups excluding carboxylic acids is 1. The number of nitrogens with one attached hydrogen (secondary N) is 2. The van der Waals surface area contributed by atoms with Crippen molar-refractivity contribution < 1.29 is 14.3 Å². The molecule has 0 spiro atoms. The molecule has 0 unspecified atom stereocenters. The van der Waals surface area contributed by atoms with Crippen molar-refractivity contribution in [2.75, 3.05) is 19.5 Å². The summed E-state index contributed by atoms with van der Waals surface area (Å²) in [6.07, 6.45) is 0.627. The van der Waals surface area contributed by atoms with Gasteiger partial charge in [0.05, 0.1) is 25.8 Å². The van der Waals surface area contributed by atoms with Crippen LogP contribution in [-0.2, 0) is 9.53 Å². The summed E-state index contributed by atoms with van der Waals surface area (Å²) in [7, 11) is 3.07. The Morgan fingerprint density at radius 1 is 0.848 bits per heavy atom. The topological polar surface area (TPSA) is 59.6 Å². The Morgan fingerprint density at radius 3 is 1.97 bits per heavy atom. The number of aryl methyl sites for hydroxylation is 2. The molecule has 4 rings (SSSR count). The Balaban J connectivity index is 1.79. The maximum Gasteiger partial charge on any atom is 0.337 e. The van der Waals surface area contributed by atoms with Crippen molar-refractivity contribution in [1.82, 2.24) is 5.32 Å². The highest BCUT2D eigenvalue weighted by molar-refractivity contribution is 5.92. The molecule has 1 aliphatic rings. The molecule has 33 heavy (non-hydrogen) atoms. The van der Waals surface area contributed by atoms with Gasteiger partial charge in [-0.15, -0.1) is 0 Å². The molecule has 0 fully saturated rings. The van der Waals surface area contributed by atoms with E-state index in [9.17, 15) is 4.79 Å². The van der Waals surface area contributed by atoms with E-state index in [4.69, 9.17) is 9.47 Å². The second-order valence-corrected chi connectivity index (χ2v) is 8.42. The number of anilines is 1. The molecule has 0 aromatic heterocycles. The maximum absolute atomic E-state index is 13.0. The number of rotatable bonds is 6. The molecule has 3 aromatic rings. The molecule has 0 bridgehead atoms. The van der Waals surface area contributed by atoms with Gasteiger partial charge in [-0.1, -0.05) is 59.7 Å². The SMILES string of the molecule is COC(=O)C1=C(Nc2ccc(OC)cc2)C[C@@H](c2ccc(C)cc2)N[C@@H]1c1ccc(C)cc1. The highest BCUT2D eigenvalue weighted by Gasteiger charge is 2.35. The van der Waals surface area contributed by atoms with Crippen LogP contribution >= 0.6 is 0 Å². The third-order valence-corrected chi connectivity index (χ3v) is 6.07. The van der Waals surface area contributed by atoms with Crippen LogP contribution in [0.3, 0.4) is 0 Å². The molecule has 1 aliphatic heterocycles. The standard InChI is InChI=1S/C28H30N2O3/c1-18-5-9-20(10-6-18)24-17-25(29-22-13-15-23(32-3)16-14-22)26(28(31)33-4)27(30-24)21-11-7-19(2)8-12-21/h5-16,24,27,29-30H,17H2,1-4H3/t24-,27+/m0/s1. The lowest BCUT2D eigenvalue weighted by Gasteiger charge is -2.35. The van der Waals surface area contributed by atoms with Crippen molar-refractivity contribution in [3.05, 3.63) is 106 Å². The first kappa shape index (κ1) is 22.6. The third kappa shape index (κ3) is 5.10. The number of hydrogen-bond acceptors (Lipinski definition) is 5. The van der Waals surface area contributed by atoms with Crippen LogP contribution in [0.5, 0.6) is 5.75 Å². The molecule has 170 valence electrons. The van der Waals surface area contributed by atoms with Crippen molar-refractivity contribution in [2.24, 2.45) is 0 Å². The largest absolute Gasteiger partial charge is 0.497 e. The molecule has 5 nitrogen and oxygen atoms in total. The van der Waals surface area contributed by atoms with Crippen LogP contribution in [0.2, 0.25) is 0 Å². The predicted molar refractivity (Wildman–Crippen MR) is 131 cm³/mol. The Kier molecular flexibility index (Phi) is 6.80. The Morgan fingerprint density at radius 2 is 1.42 bits per heavy atom. The van der Waals surface area contributed by atoms with E-state index in [1.54, 1.807) is 7.11 Å². The van der Waals surface area contributed by atoms with Crippen LogP contribution in [0.4, 0.5) is 5.69 Å². The second-order valence-electron chi connectivity index (χ2n) is 8.42. The fourth-order valence-electron chi connectivity index (χ4n) is 4.18. The number of carbonyl (C=O) groups is 1. The lowest BCUT2D eigenvalue weighted by atomic mass is 9.86.